The van der Waals surface area contributed by atoms with Gasteiger partial charge in [0.2, 0.25) is 0 Å². The Hall–Kier alpha value is -1.45. The molecule has 0 radical (unpaired) electrons. The van der Waals surface area contributed by atoms with Gasteiger partial charge in [-0.1, -0.05) is 6.07 Å². The zero-order chi connectivity index (χ0) is 14.9. The highest BCUT2D eigenvalue weighted by Crippen LogP contribution is 2.28. The summed E-state index contributed by atoms with van der Waals surface area (Å²) in [6, 6.07) is 5.17. The maximum absolute atomic E-state index is 12.2. The highest BCUT2D eigenvalue weighted by Gasteiger charge is 2.26. The first-order valence-corrected chi connectivity index (χ1v) is 8.42. The fourth-order valence-corrected chi connectivity index (χ4v) is 4.17. The molecule has 2 aromatic rings. The van der Waals surface area contributed by atoms with Crippen molar-refractivity contribution in [2.75, 3.05) is 4.72 Å². The average molecular weight is 377 g/mol. The lowest BCUT2D eigenvalue weighted by Gasteiger charge is -2.09. The van der Waals surface area contributed by atoms with Crippen molar-refractivity contribution < 1.29 is 18.3 Å². The molecule has 0 saturated carbocycles. The Labute approximate surface area is 127 Å². The lowest BCUT2D eigenvalue weighted by atomic mass is 10.2. The number of aromatic nitrogens is 1. The molecule has 0 saturated heterocycles. The second-order valence-electron chi connectivity index (χ2n) is 3.88. The fourth-order valence-electron chi connectivity index (χ4n) is 1.48. The van der Waals surface area contributed by atoms with E-state index < -0.39 is 21.7 Å². The zero-order valence-electron chi connectivity index (χ0n) is 10.1. The fraction of sp³-hybridized carbons (Fsp3) is 0.0909. The first-order chi connectivity index (χ1) is 9.31. The molecule has 0 bridgehead atoms. The predicted octanol–water partition coefficient (Wildman–Crippen LogP) is 2.71. The molecule has 0 atom stereocenters. The smallest absolute Gasteiger partial charge is 0.356 e. The van der Waals surface area contributed by atoms with Gasteiger partial charge >= 0.3 is 5.97 Å². The molecule has 0 unspecified atom stereocenters. The van der Waals surface area contributed by atoms with Crippen molar-refractivity contribution >= 4 is 48.9 Å². The number of benzene rings is 1. The van der Waals surface area contributed by atoms with Crippen LogP contribution in [0.3, 0.4) is 0 Å². The van der Waals surface area contributed by atoms with Crippen molar-refractivity contribution in [3.8, 4) is 0 Å². The highest BCUT2D eigenvalue weighted by atomic mass is 79.9. The van der Waals surface area contributed by atoms with Gasteiger partial charge in [0.25, 0.3) is 10.0 Å². The van der Waals surface area contributed by atoms with Crippen molar-refractivity contribution in [3.05, 3.63) is 39.4 Å². The van der Waals surface area contributed by atoms with E-state index in [1.165, 1.54) is 5.51 Å². The Bertz CT molecular complexity index is 770. The van der Waals surface area contributed by atoms with Gasteiger partial charge in [0.15, 0.2) is 9.90 Å². The van der Waals surface area contributed by atoms with Gasteiger partial charge in [-0.2, -0.15) is 0 Å². The average Bonchev–Trinajstić information content (AvgIpc) is 2.83. The van der Waals surface area contributed by atoms with Crippen LogP contribution >= 0.6 is 27.3 Å². The molecule has 0 aliphatic rings. The molecule has 0 aliphatic carbocycles. The number of carboxylic acids is 1. The summed E-state index contributed by atoms with van der Waals surface area (Å²) < 4.78 is 27.1. The molecule has 1 aromatic carbocycles. The molecule has 20 heavy (non-hydrogen) atoms. The van der Waals surface area contributed by atoms with Crippen LogP contribution in [0.4, 0.5) is 5.69 Å². The minimum Gasteiger partial charge on any atom is -0.476 e. The second kappa shape index (κ2) is 5.51. The molecular formula is C11H9BrN2O4S2. The molecule has 6 nitrogen and oxygen atoms in total. The molecule has 0 amide bonds. The third kappa shape index (κ3) is 3.00. The number of nitrogens with one attached hydrogen (secondary N) is 1. The Morgan fingerprint density at radius 2 is 2.15 bits per heavy atom. The van der Waals surface area contributed by atoms with Crippen LogP contribution in [-0.2, 0) is 10.0 Å². The van der Waals surface area contributed by atoms with Crippen LogP contribution in [0.15, 0.2) is 32.4 Å². The summed E-state index contributed by atoms with van der Waals surface area (Å²) in [5.41, 5.74) is 1.92. The van der Waals surface area contributed by atoms with Crippen molar-refractivity contribution in [3.63, 3.8) is 0 Å². The van der Waals surface area contributed by atoms with Gasteiger partial charge in [-0.3, -0.25) is 4.72 Å². The van der Waals surface area contributed by atoms with Crippen molar-refractivity contribution in [2.24, 2.45) is 0 Å². The Morgan fingerprint density at radius 1 is 1.45 bits per heavy atom. The number of aryl methyl sites for hydroxylation is 1. The number of nitrogens with zero attached hydrogens (tertiary/aromatic N) is 1. The van der Waals surface area contributed by atoms with E-state index in [1.807, 2.05) is 13.0 Å². The van der Waals surface area contributed by atoms with Crippen molar-refractivity contribution in [2.45, 2.75) is 11.1 Å². The highest BCUT2D eigenvalue weighted by molar-refractivity contribution is 9.10. The number of carbonyl (C=O) groups is 1. The topological polar surface area (TPSA) is 96.4 Å². The summed E-state index contributed by atoms with van der Waals surface area (Å²) in [4.78, 5) is 14.5. The van der Waals surface area contributed by atoms with Crippen LogP contribution in [0.25, 0.3) is 0 Å². The lowest BCUT2D eigenvalue weighted by Crippen LogP contribution is -2.15. The molecule has 2 rings (SSSR count). The first-order valence-electron chi connectivity index (χ1n) is 5.27. The van der Waals surface area contributed by atoms with Crippen molar-refractivity contribution in [1.82, 2.24) is 4.98 Å². The Balaban J connectivity index is 2.44. The summed E-state index contributed by atoms with van der Waals surface area (Å²) >= 11 is 3.99. The quantitative estimate of drug-likeness (QED) is 0.854. The first kappa shape index (κ1) is 14.9. The van der Waals surface area contributed by atoms with E-state index in [9.17, 15) is 13.2 Å². The molecular weight excluding hydrogens is 368 g/mol. The molecule has 2 N–H and O–H groups in total. The van der Waals surface area contributed by atoms with Crippen LogP contribution in [0.5, 0.6) is 0 Å². The van der Waals surface area contributed by atoms with E-state index in [0.29, 0.717) is 10.2 Å². The number of thiazole rings is 1. The minimum absolute atomic E-state index is 0.321. The summed E-state index contributed by atoms with van der Waals surface area (Å²) in [6.45, 7) is 1.82. The lowest BCUT2D eigenvalue weighted by molar-refractivity contribution is 0.0687. The molecule has 9 heteroatoms. The van der Waals surface area contributed by atoms with Gasteiger partial charge < -0.3 is 5.11 Å². The van der Waals surface area contributed by atoms with E-state index in [-0.39, 0.29) is 4.21 Å². The third-order valence-electron chi connectivity index (χ3n) is 2.35. The van der Waals surface area contributed by atoms with E-state index in [4.69, 9.17) is 5.11 Å². The van der Waals surface area contributed by atoms with E-state index in [0.717, 1.165) is 16.9 Å². The predicted molar refractivity (Wildman–Crippen MR) is 78.8 cm³/mol. The standard InChI is InChI=1S/C11H9BrN2O4S2/c1-6-2-3-7(12)8(4-6)14-20(17,18)11-9(10(15)16)13-5-19-11/h2-5,14H,1H3,(H,15,16). The summed E-state index contributed by atoms with van der Waals surface area (Å²) in [5.74, 6) is -1.38. The number of halogens is 1. The summed E-state index contributed by atoms with van der Waals surface area (Å²) in [7, 11) is -3.99. The van der Waals surface area contributed by atoms with Gasteiger partial charge in [0.1, 0.15) is 0 Å². The number of hydrogen-bond donors (Lipinski definition) is 2. The van der Waals surface area contributed by atoms with E-state index in [1.54, 1.807) is 12.1 Å². The SMILES string of the molecule is Cc1ccc(Br)c(NS(=O)(=O)c2scnc2C(=O)O)c1. The van der Waals surface area contributed by atoms with Crippen molar-refractivity contribution in [1.29, 1.82) is 0 Å². The minimum atomic E-state index is -3.99. The number of aromatic carboxylic acids is 1. The van der Waals surface area contributed by atoms with Gasteiger partial charge in [-0.25, -0.2) is 18.2 Å². The second-order valence-corrected chi connectivity index (χ2v) is 7.47. The normalized spacial score (nSPS) is 11.3. The van der Waals surface area contributed by atoms with Crippen LogP contribution < -0.4 is 4.72 Å². The largest absolute Gasteiger partial charge is 0.476 e. The summed E-state index contributed by atoms with van der Waals surface area (Å²) in [6.07, 6.45) is 0. The molecule has 0 fully saturated rings. The van der Waals surface area contributed by atoms with Gasteiger partial charge in [-0.05, 0) is 40.5 Å². The third-order valence-corrected chi connectivity index (χ3v) is 5.77. The van der Waals surface area contributed by atoms with Crippen LogP contribution in [0, 0.1) is 6.92 Å². The van der Waals surface area contributed by atoms with E-state index >= 15 is 0 Å². The number of hydrogen-bond acceptors (Lipinski definition) is 5. The van der Waals surface area contributed by atoms with Crippen LogP contribution in [0.2, 0.25) is 0 Å². The van der Waals surface area contributed by atoms with Crippen LogP contribution in [-0.4, -0.2) is 24.5 Å². The summed E-state index contributed by atoms with van der Waals surface area (Å²) in [5, 5.41) is 8.93. The number of carboxylic acid groups (broad SMARTS) is 1. The van der Waals surface area contributed by atoms with Gasteiger partial charge in [0, 0.05) is 4.47 Å². The maximum Gasteiger partial charge on any atom is 0.356 e. The number of rotatable bonds is 4. The number of anilines is 1. The molecule has 0 spiro atoms. The maximum atomic E-state index is 12.2. The number of sulfonamides is 1. The van der Waals surface area contributed by atoms with Gasteiger partial charge in [0.05, 0.1) is 11.2 Å². The zero-order valence-corrected chi connectivity index (χ0v) is 13.3. The molecule has 0 aliphatic heterocycles. The monoisotopic (exact) mass is 376 g/mol. The Morgan fingerprint density at radius 3 is 2.80 bits per heavy atom. The molecule has 1 heterocycles. The molecule has 106 valence electrons. The molecule has 1 aromatic heterocycles. The van der Waals surface area contributed by atoms with Gasteiger partial charge in [-0.15, -0.1) is 11.3 Å². The van der Waals surface area contributed by atoms with E-state index in [2.05, 4.69) is 25.6 Å². The Kier molecular flexibility index (Phi) is 4.11. The van der Waals surface area contributed by atoms with Crippen LogP contribution in [0.1, 0.15) is 16.1 Å².